The van der Waals surface area contributed by atoms with E-state index < -0.39 is 0 Å². The van der Waals surface area contributed by atoms with E-state index in [1.165, 1.54) is 27.8 Å². The molecular formula is C21H24N4O3S. The van der Waals surface area contributed by atoms with Crippen molar-refractivity contribution in [3.8, 4) is 0 Å². The maximum Gasteiger partial charge on any atom is 0.262 e. The number of nitrogens with one attached hydrogen (secondary N) is 1. The van der Waals surface area contributed by atoms with Crippen LogP contribution in [0.5, 0.6) is 0 Å². The lowest BCUT2D eigenvalue weighted by Crippen LogP contribution is -2.47. The Morgan fingerprint density at radius 3 is 2.93 bits per heavy atom. The molecule has 7 nitrogen and oxygen atoms in total. The highest BCUT2D eigenvalue weighted by Gasteiger charge is 2.23. The number of rotatable bonds is 5. The monoisotopic (exact) mass is 412 g/mol. The van der Waals surface area contributed by atoms with Gasteiger partial charge in [0.15, 0.2) is 0 Å². The summed E-state index contributed by atoms with van der Waals surface area (Å²) in [6, 6.07) is 10.3. The molecule has 1 saturated heterocycles. The lowest BCUT2D eigenvalue weighted by molar-refractivity contribution is -0.0292. The Morgan fingerprint density at radius 1 is 1.34 bits per heavy atom. The Bertz CT molecular complexity index is 1080. The minimum atomic E-state index is -0.184. The van der Waals surface area contributed by atoms with Gasteiger partial charge in [-0.1, -0.05) is 30.3 Å². The van der Waals surface area contributed by atoms with Crippen molar-refractivity contribution >= 4 is 27.5 Å². The third kappa shape index (κ3) is 4.24. The molecule has 4 rings (SSSR count). The molecule has 0 bridgehead atoms. The number of hydrogen-bond donors (Lipinski definition) is 1. The van der Waals surface area contributed by atoms with Crippen molar-refractivity contribution in [1.82, 2.24) is 19.8 Å². The van der Waals surface area contributed by atoms with Gasteiger partial charge in [-0.05, 0) is 18.1 Å². The fraction of sp³-hybridized carbons (Fsp3) is 0.381. The number of fused-ring (bicyclic) bond motifs is 1. The summed E-state index contributed by atoms with van der Waals surface area (Å²) in [6.45, 7) is 5.40. The van der Waals surface area contributed by atoms with Crippen molar-refractivity contribution in [2.45, 2.75) is 19.6 Å². The number of benzene rings is 1. The molecule has 152 valence electrons. The van der Waals surface area contributed by atoms with Gasteiger partial charge in [-0.3, -0.25) is 14.5 Å². The Morgan fingerprint density at radius 2 is 2.14 bits per heavy atom. The quantitative estimate of drug-likeness (QED) is 0.693. The number of carbonyl (C=O) groups excluding carboxylic acids is 1. The fourth-order valence-corrected chi connectivity index (χ4v) is 4.66. The molecule has 1 atom stereocenters. The van der Waals surface area contributed by atoms with Crippen molar-refractivity contribution in [3.63, 3.8) is 0 Å². The minimum absolute atomic E-state index is 0.0582. The van der Waals surface area contributed by atoms with Crippen LogP contribution >= 0.6 is 11.3 Å². The predicted molar refractivity (Wildman–Crippen MR) is 113 cm³/mol. The molecule has 1 N–H and O–H groups in total. The molecule has 0 saturated carbocycles. The van der Waals surface area contributed by atoms with Crippen molar-refractivity contribution in [2.24, 2.45) is 7.05 Å². The molecular weight excluding hydrogens is 388 g/mol. The summed E-state index contributed by atoms with van der Waals surface area (Å²) in [4.78, 5) is 32.8. The van der Waals surface area contributed by atoms with Gasteiger partial charge in [-0.15, -0.1) is 11.3 Å². The van der Waals surface area contributed by atoms with Crippen LogP contribution < -0.4 is 10.9 Å². The van der Waals surface area contributed by atoms with Gasteiger partial charge < -0.3 is 14.6 Å². The second-order valence-corrected chi connectivity index (χ2v) is 8.32. The smallest absolute Gasteiger partial charge is 0.262 e. The van der Waals surface area contributed by atoms with Crippen molar-refractivity contribution in [1.29, 1.82) is 0 Å². The minimum Gasteiger partial charge on any atom is -0.374 e. The molecule has 1 aromatic carbocycles. The molecule has 1 amide bonds. The first-order valence-corrected chi connectivity index (χ1v) is 10.5. The van der Waals surface area contributed by atoms with Gasteiger partial charge in [-0.2, -0.15) is 0 Å². The number of nitrogens with zero attached hydrogens (tertiary/aromatic N) is 3. The number of ether oxygens (including phenoxy) is 1. The van der Waals surface area contributed by atoms with Crippen LogP contribution in [0.4, 0.5) is 0 Å². The van der Waals surface area contributed by atoms with Crippen LogP contribution in [0.15, 0.2) is 41.5 Å². The van der Waals surface area contributed by atoms with E-state index in [-0.39, 0.29) is 17.6 Å². The summed E-state index contributed by atoms with van der Waals surface area (Å²) in [7, 11) is 1.66. The van der Waals surface area contributed by atoms with Gasteiger partial charge in [0.1, 0.15) is 4.83 Å². The van der Waals surface area contributed by atoms with Crippen molar-refractivity contribution in [3.05, 3.63) is 63.0 Å². The molecule has 3 aromatic rings. The van der Waals surface area contributed by atoms with E-state index in [1.807, 2.05) is 18.2 Å². The first kappa shape index (κ1) is 19.8. The maximum absolute atomic E-state index is 12.7. The van der Waals surface area contributed by atoms with Gasteiger partial charge in [0, 0.05) is 33.2 Å². The molecule has 0 radical (unpaired) electrons. The third-order valence-electron chi connectivity index (χ3n) is 5.18. The average Bonchev–Trinajstić information content (AvgIpc) is 3.07. The molecule has 0 spiro atoms. The van der Waals surface area contributed by atoms with Crippen molar-refractivity contribution in [2.75, 3.05) is 26.2 Å². The van der Waals surface area contributed by atoms with E-state index >= 15 is 0 Å². The standard InChI is InChI=1S/C21H24N4O3S/c1-14-17-20(23-13-24(2)21(17)27)29-18(14)19(26)22-10-16-12-25(8-9-28-16)11-15-6-4-3-5-7-15/h3-7,13,16H,8-12H2,1-2H3,(H,22,26). The molecule has 2 aromatic heterocycles. The Hall–Kier alpha value is -2.55. The van der Waals surface area contributed by atoms with Gasteiger partial charge in [0.2, 0.25) is 0 Å². The van der Waals surface area contributed by atoms with E-state index in [2.05, 4.69) is 27.3 Å². The fourth-order valence-electron chi connectivity index (χ4n) is 3.60. The van der Waals surface area contributed by atoms with E-state index in [0.29, 0.717) is 33.8 Å². The van der Waals surface area contributed by atoms with Crippen LogP contribution in [0.25, 0.3) is 10.2 Å². The highest BCUT2D eigenvalue weighted by molar-refractivity contribution is 7.20. The third-order valence-corrected chi connectivity index (χ3v) is 6.38. The molecule has 1 fully saturated rings. The molecule has 1 aliphatic rings. The second-order valence-electron chi connectivity index (χ2n) is 7.32. The van der Waals surface area contributed by atoms with Crippen LogP contribution in [0, 0.1) is 6.92 Å². The zero-order valence-electron chi connectivity index (χ0n) is 16.6. The number of aryl methyl sites for hydroxylation is 2. The van der Waals surface area contributed by atoms with Crippen molar-refractivity contribution < 1.29 is 9.53 Å². The lowest BCUT2D eigenvalue weighted by Gasteiger charge is -2.33. The first-order valence-electron chi connectivity index (χ1n) is 9.63. The Balaban J connectivity index is 1.39. The Kier molecular flexibility index (Phi) is 5.75. The lowest BCUT2D eigenvalue weighted by atomic mass is 10.2. The zero-order valence-corrected chi connectivity index (χ0v) is 17.4. The number of carbonyl (C=O) groups is 1. The number of aromatic nitrogens is 2. The summed E-state index contributed by atoms with van der Waals surface area (Å²) in [5, 5.41) is 3.49. The van der Waals surface area contributed by atoms with E-state index in [1.54, 1.807) is 14.0 Å². The zero-order chi connectivity index (χ0) is 20.4. The Labute approximate surface area is 172 Å². The summed E-state index contributed by atoms with van der Waals surface area (Å²) in [5.41, 5.74) is 1.83. The highest BCUT2D eigenvalue weighted by Crippen LogP contribution is 2.26. The van der Waals surface area contributed by atoms with Gasteiger partial charge in [-0.25, -0.2) is 4.98 Å². The van der Waals surface area contributed by atoms with Crippen LogP contribution in [-0.2, 0) is 18.3 Å². The molecule has 3 heterocycles. The predicted octanol–water partition coefficient (Wildman–Crippen LogP) is 1.93. The summed E-state index contributed by atoms with van der Waals surface area (Å²) in [5.74, 6) is -0.184. The number of thiophene rings is 1. The molecule has 0 aliphatic carbocycles. The van der Waals surface area contributed by atoms with E-state index in [0.717, 1.165) is 19.6 Å². The van der Waals surface area contributed by atoms with Crippen LogP contribution in [0.3, 0.4) is 0 Å². The molecule has 29 heavy (non-hydrogen) atoms. The highest BCUT2D eigenvalue weighted by atomic mass is 32.1. The maximum atomic E-state index is 12.7. The summed E-state index contributed by atoms with van der Waals surface area (Å²) in [6.07, 6.45) is 1.43. The SMILES string of the molecule is Cc1c(C(=O)NCC2CN(Cc3ccccc3)CCO2)sc2ncn(C)c(=O)c12. The summed E-state index contributed by atoms with van der Waals surface area (Å²) < 4.78 is 7.27. The van der Waals surface area contributed by atoms with E-state index in [9.17, 15) is 9.59 Å². The first-order chi connectivity index (χ1) is 14.0. The number of amides is 1. The molecule has 1 aliphatic heterocycles. The van der Waals surface area contributed by atoms with Crippen LogP contribution in [0.1, 0.15) is 20.8 Å². The second kappa shape index (κ2) is 8.44. The normalized spacial score (nSPS) is 17.5. The largest absolute Gasteiger partial charge is 0.374 e. The molecule has 1 unspecified atom stereocenters. The average molecular weight is 413 g/mol. The van der Waals surface area contributed by atoms with Gasteiger partial charge in [0.25, 0.3) is 11.5 Å². The van der Waals surface area contributed by atoms with Gasteiger partial charge in [0.05, 0.1) is 29.3 Å². The van der Waals surface area contributed by atoms with Crippen LogP contribution in [-0.4, -0.2) is 52.7 Å². The molecule has 8 heteroatoms. The number of morpholine rings is 1. The topological polar surface area (TPSA) is 76.5 Å². The van der Waals surface area contributed by atoms with E-state index in [4.69, 9.17) is 4.74 Å². The van der Waals surface area contributed by atoms with Gasteiger partial charge >= 0.3 is 0 Å². The van der Waals surface area contributed by atoms with Crippen LogP contribution in [0.2, 0.25) is 0 Å². The summed E-state index contributed by atoms with van der Waals surface area (Å²) >= 11 is 1.26. The number of hydrogen-bond acceptors (Lipinski definition) is 6.